The molecule has 2 bridgehead atoms. The van der Waals surface area contributed by atoms with Gasteiger partial charge in [0.25, 0.3) is 0 Å². The molecule has 30 heavy (non-hydrogen) atoms. The SMILES string of the molecule is c1ccc(-c2cc3nc(N4CC5CCC(C4)O5)nc(C4CNCCO4)c3cn2)cc1. The van der Waals surface area contributed by atoms with E-state index in [0.717, 1.165) is 72.8 Å². The highest BCUT2D eigenvalue weighted by molar-refractivity contribution is 5.85. The van der Waals surface area contributed by atoms with E-state index >= 15 is 0 Å². The van der Waals surface area contributed by atoms with Crippen LogP contribution in [-0.4, -0.2) is 59.9 Å². The van der Waals surface area contributed by atoms with Crippen molar-refractivity contribution in [3.8, 4) is 11.3 Å². The summed E-state index contributed by atoms with van der Waals surface area (Å²) in [7, 11) is 0. The number of pyridine rings is 1. The largest absolute Gasteiger partial charge is 0.371 e. The molecule has 0 amide bonds. The maximum absolute atomic E-state index is 6.06. The minimum Gasteiger partial charge on any atom is -0.371 e. The van der Waals surface area contributed by atoms with Crippen LogP contribution in [-0.2, 0) is 9.47 Å². The van der Waals surface area contributed by atoms with E-state index < -0.39 is 0 Å². The van der Waals surface area contributed by atoms with Crippen LogP contribution in [0.15, 0.2) is 42.6 Å². The lowest BCUT2D eigenvalue weighted by Gasteiger charge is -2.33. The normalized spacial score (nSPS) is 26.3. The smallest absolute Gasteiger partial charge is 0.226 e. The first-order valence-corrected chi connectivity index (χ1v) is 10.8. The van der Waals surface area contributed by atoms with Crippen LogP contribution in [0.1, 0.15) is 24.6 Å². The predicted molar refractivity (Wildman–Crippen MR) is 114 cm³/mol. The number of hydrogen-bond acceptors (Lipinski definition) is 7. The van der Waals surface area contributed by atoms with Gasteiger partial charge in [-0.2, -0.15) is 0 Å². The second kappa shape index (κ2) is 7.58. The molecule has 6 rings (SSSR count). The van der Waals surface area contributed by atoms with Crippen LogP contribution < -0.4 is 10.2 Å². The average molecular weight is 403 g/mol. The highest BCUT2D eigenvalue weighted by atomic mass is 16.5. The minimum absolute atomic E-state index is 0.0925. The standard InChI is InChI=1S/C23H25N5O2/c1-2-4-15(5-3-1)19-10-20-18(11-25-19)22(21-12-24-8-9-29-21)27-23(26-20)28-13-16-6-7-17(14-28)30-16/h1-5,10-11,16-17,21,24H,6-9,12-14H2. The summed E-state index contributed by atoms with van der Waals surface area (Å²) in [4.78, 5) is 17.0. The molecule has 0 spiro atoms. The molecule has 154 valence electrons. The third-order valence-electron chi connectivity index (χ3n) is 6.23. The van der Waals surface area contributed by atoms with Crippen LogP contribution in [0.5, 0.6) is 0 Å². The second-order valence-electron chi connectivity index (χ2n) is 8.29. The van der Waals surface area contributed by atoms with E-state index in [1.807, 2.05) is 24.4 Å². The summed E-state index contributed by atoms with van der Waals surface area (Å²) in [6, 6.07) is 12.3. The zero-order valence-electron chi connectivity index (χ0n) is 16.8. The van der Waals surface area contributed by atoms with E-state index in [1.54, 1.807) is 0 Å². The van der Waals surface area contributed by atoms with E-state index in [0.29, 0.717) is 6.61 Å². The molecule has 0 radical (unpaired) electrons. The Morgan fingerprint density at radius 3 is 2.63 bits per heavy atom. The minimum atomic E-state index is -0.0925. The van der Waals surface area contributed by atoms with E-state index in [1.165, 1.54) is 0 Å². The van der Waals surface area contributed by atoms with Crippen LogP contribution in [0.4, 0.5) is 5.95 Å². The topological polar surface area (TPSA) is 72.4 Å². The first kappa shape index (κ1) is 18.2. The van der Waals surface area contributed by atoms with Crippen molar-refractivity contribution in [3.05, 3.63) is 48.3 Å². The number of nitrogens with one attached hydrogen (secondary N) is 1. The van der Waals surface area contributed by atoms with Crippen molar-refractivity contribution < 1.29 is 9.47 Å². The molecule has 7 heteroatoms. The number of nitrogens with zero attached hydrogens (tertiary/aromatic N) is 4. The van der Waals surface area contributed by atoms with Crippen molar-refractivity contribution in [1.29, 1.82) is 0 Å². The van der Waals surface area contributed by atoms with Gasteiger partial charge in [0.15, 0.2) is 0 Å². The van der Waals surface area contributed by atoms with Gasteiger partial charge in [-0.3, -0.25) is 4.98 Å². The predicted octanol–water partition coefficient (Wildman–Crippen LogP) is 2.72. The fraction of sp³-hybridized carbons (Fsp3) is 0.435. The molecule has 3 aliphatic rings. The Labute approximate surface area is 175 Å². The van der Waals surface area contributed by atoms with Gasteiger partial charge >= 0.3 is 0 Å². The maximum atomic E-state index is 6.06. The van der Waals surface area contributed by atoms with Gasteiger partial charge < -0.3 is 19.7 Å². The monoisotopic (exact) mass is 403 g/mol. The molecule has 0 aliphatic carbocycles. The molecule has 3 aromatic rings. The molecule has 3 aliphatic heterocycles. The van der Waals surface area contributed by atoms with Crippen molar-refractivity contribution in [2.24, 2.45) is 0 Å². The lowest BCUT2D eigenvalue weighted by molar-refractivity contribution is 0.0251. The van der Waals surface area contributed by atoms with E-state index in [2.05, 4.69) is 28.4 Å². The van der Waals surface area contributed by atoms with Gasteiger partial charge in [0.2, 0.25) is 5.95 Å². The summed E-state index contributed by atoms with van der Waals surface area (Å²) < 4.78 is 12.1. The Hall–Kier alpha value is -2.61. The molecule has 3 atom stereocenters. The molecule has 3 unspecified atom stereocenters. The van der Waals surface area contributed by atoms with Gasteiger partial charge in [0, 0.05) is 43.3 Å². The quantitative estimate of drug-likeness (QED) is 0.721. The Bertz CT molecular complexity index is 1040. The van der Waals surface area contributed by atoms with Gasteiger partial charge in [-0.25, -0.2) is 9.97 Å². The molecule has 0 saturated carbocycles. The number of fused-ring (bicyclic) bond motifs is 3. The lowest BCUT2D eigenvalue weighted by atomic mass is 10.1. The summed E-state index contributed by atoms with van der Waals surface area (Å²) in [5.41, 5.74) is 3.84. The van der Waals surface area contributed by atoms with Gasteiger partial charge in [0.05, 0.1) is 35.7 Å². The van der Waals surface area contributed by atoms with Crippen molar-refractivity contribution >= 4 is 16.9 Å². The van der Waals surface area contributed by atoms with Crippen LogP contribution in [0.3, 0.4) is 0 Å². The zero-order valence-corrected chi connectivity index (χ0v) is 16.8. The fourth-order valence-corrected chi connectivity index (χ4v) is 4.71. The number of benzene rings is 1. The van der Waals surface area contributed by atoms with Crippen molar-refractivity contribution in [2.75, 3.05) is 37.7 Å². The summed E-state index contributed by atoms with van der Waals surface area (Å²) in [5.74, 6) is 0.775. The summed E-state index contributed by atoms with van der Waals surface area (Å²) in [6.45, 7) is 4.00. The third kappa shape index (κ3) is 3.33. The van der Waals surface area contributed by atoms with E-state index in [-0.39, 0.29) is 18.3 Å². The molecule has 5 heterocycles. The Morgan fingerprint density at radius 1 is 1.03 bits per heavy atom. The number of anilines is 1. The second-order valence-corrected chi connectivity index (χ2v) is 8.29. The third-order valence-corrected chi connectivity index (χ3v) is 6.23. The highest BCUT2D eigenvalue weighted by Gasteiger charge is 2.35. The summed E-state index contributed by atoms with van der Waals surface area (Å²) >= 11 is 0. The maximum Gasteiger partial charge on any atom is 0.226 e. The van der Waals surface area contributed by atoms with Crippen LogP contribution >= 0.6 is 0 Å². The Kier molecular flexibility index (Phi) is 4.59. The first-order chi connectivity index (χ1) is 14.8. The van der Waals surface area contributed by atoms with Gasteiger partial charge in [-0.1, -0.05) is 30.3 Å². The fourth-order valence-electron chi connectivity index (χ4n) is 4.71. The molecular weight excluding hydrogens is 378 g/mol. The van der Waals surface area contributed by atoms with Gasteiger partial charge in [-0.15, -0.1) is 0 Å². The summed E-state index contributed by atoms with van der Waals surface area (Å²) in [5, 5.41) is 4.38. The molecule has 1 aromatic carbocycles. The Morgan fingerprint density at radius 2 is 1.87 bits per heavy atom. The molecule has 2 aromatic heterocycles. The number of ether oxygens (including phenoxy) is 2. The van der Waals surface area contributed by atoms with Crippen molar-refractivity contribution in [3.63, 3.8) is 0 Å². The lowest BCUT2D eigenvalue weighted by Crippen LogP contribution is -2.43. The van der Waals surface area contributed by atoms with E-state index in [9.17, 15) is 0 Å². The van der Waals surface area contributed by atoms with Gasteiger partial charge in [-0.05, 0) is 18.9 Å². The average Bonchev–Trinajstić information content (AvgIpc) is 3.16. The Balaban J connectivity index is 1.46. The number of hydrogen-bond donors (Lipinski definition) is 1. The summed E-state index contributed by atoms with van der Waals surface area (Å²) in [6.07, 6.45) is 4.63. The molecule has 3 saturated heterocycles. The van der Waals surface area contributed by atoms with Crippen LogP contribution in [0.2, 0.25) is 0 Å². The molecule has 1 N–H and O–H groups in total. The van der Waals surface area contributed by atoms with Crippen molar-refractivity contribution in [2.45, 2.75) is 31.2 Å². The van der Waals surface area contributed by atoms with Crippen LogP contribution in [0.25, 0.3) is 22.2 Å². The van der Waals surface area contributed by atoms with E-state index in [4.69, 9.17) is 24.4 Å². The molecule has 3 fully saturated rings. The zero-order chi connectivity index (χ0) is 19.9. The number of rotatable bonds is 3. The van der Waals surface area contributed by atoms with Crippen LogP contribution in [0, 0.1) is 0 Å². The number of morpholine rings is 2. The van der Waals surface area contributed by atoms with Crippen molar-refractivity contribution in [1.82, 2.24) is 20.3 Å². The number of aromatic nitrogens is 3. The highest BCUT2D eigenvalue weighted by Crippen LogP contribution is 2.32. The molecular formula is C23H25N5O2. The molecule has 7 nitrogen and oxygen atoms in total. The first-order valence-electron chi connectivity index (χ1n) is 10.8. The van der Waals surface area contributed by atoms with Gasteiger partial charge in [0.1, 0.15) is 6.10 Å².